The van der Waals surface area contributed by atoms with Crippen molar-refractivity contribution >= 4 is 17.8 Å². The lowest BCUT2D eigenvalue weighted by Gasteiger charge is -2.06. The number of hydrogen-bond donors (Lipinski definition) is 0. The van der Waals surface area contributed by atoms with Crippen LogP contribution in [0.25, 0.3) is 6.08 Å². The van der Waals surface area contributed by atoms with Gasteiger partial charge in [-0.05, 0) is 35.3 Å². The molecule has 0 atom stereocenters. The van der Waals surface area contributed by atoms with Crippen LogP contribution in [0.5, 0.6) is 11.5 Å². The van der Waals surface area contributed by atoms with Gasteiger partial charge in [0, 0.05) is 6.07 Å². The zero-order valence-electron chi connectivity index (χ0n) is 14.9. The summed E-state index contributed by atoms with van der Waals surface area (Å²) in [5.41, 5.74) is 2.61. The van der Waals surface area contributed by atoms with Crippen molar-refractivity contribution in [3.63, 3.8) is 0 Å². The molecule has 0 saturated carbocycles. The van der Waals surface area contributed by atoms with Gasteiger partial charge in [-0.2, -0.15) is 0 Å². The van der Waals surface area contributed by atoms with Gasteiger partial charge in [0.05, 0.1) is 12.7 Å². The fourth-order valence-corrected chi connectivity index (χ4v) is 2.59. The summed E-state index contributed by atoms with van der Waals surface area (Å²) in [6.45, 7) is 4.06. The second kappa shape index (κ2) is 7.44. The van der Waals surface area contributed by atoms with E-state index in [0.29, 0.717) is 23.0 Å². The van der Waals surface area contributed by atoms with Crippen molar-refractivity contribution in [2.75, 3.05) is 13.7 Å². The fourth-order valence-electron chi connectivity index (χ4n) is 2.59. The molecule has 0 spiro atoms. The number of esters is 1. The van der Waals surface area contributed by atoms with Gasteiger partial charge in [0.1, 0.15) is 11.5 Å². The maximum Gasteiger partial charge on any atom is 0.343 e. The zero-order chi connectivity index (χ0) is 18.7. The number of carbonyl (C=O) groups excluding carboxylic acids is 2. The minimum atomic E-state index is -0.479. The average Bonchev–Trinajstić information content (AvgIpc) is 2.95. The molecular weight excluding hydrogens is 332 g/mol. The van der Waals surface area contributed by atoms with Crippen LogP contribution in [0.2, 0.25) is 0 Å². The molecule has 0 bridgehead atoms. The monoisotopic (exact) mass is 352 g/mol. The molecule has 2 aromatic rings. The lowest BCUT2D eigenvalue weighted by atomic mass is 10.0. The summed E-state index contributed by atoms with van der Waals surface area (Å²) in [6, 6.07) is 12.9. The van der Waals surface area contributed by atoms with Crippen LogP contribution < -0.4 is 9.47 Å². The Labute approximate surface area is 152 Å². The molecule has 0 aliphatic carbocycles. The van der Waals surface area contributed by atoms with Crippen LogP contribution in [0.15, 0.2) is 48.2 Å². The summed E-state index contributed by atoms with van der Waals surface area (Å²) < 4.78 is 15.5. The molecule has 0 saturated heterocycles. The maximum absolute atomic E-state index is 12.5. The van der Waals surface area contributed by atoms with Crippen molar-refractivity contribution < 1.29 is 23.8 Å². The van der Waals surface area contributed by atoms with E-state index in [4.69, 9.17) is 9.47 Å². The van der Waals surface area contributed by atoms with E-state index in [1.54, 1.807) is 24.3 Å². The number of benzene rings is 2. The predicted molar refractivity (Wildman–Crippen MR) is 97.4 cm³/mol. The number of ether oxygens (including phenoxy) is 3. The first-order valence-electron chi connectivity index (χ1n) is 8.36. The van der Waals surface area contributed by atoms with Crippen LogP contribution in [0, 0.1) is 0 Å². The molecule has 0 radical (unpaired) electrons. The van der Waals surface area contributed by atoms with Gasteiger partial charge in [-0.25, -0.2) is 4.79 Å². The number of ketones is 1. The van der Waals surface area contributed by atoms with Crippen LogP contribution in [0.3, 0.4) is 0 Å². The van der Waals surface area contributed by atoms with Gasteiger partial charge < -0.3 is 14.2 Å². The third kappa shape index (κ3) is 3.77. The van der Waals surface area contributed by atoms with E-state index in [2.05, 4.69) is 18.6 Å². The first kappa shape index (κ1) is 17.7. The Hall–Kier alpha value is -3.08. The number of hydrogen-bond acceptors (Lipinski definition) is 5. The first-order valence-corrected chi connectivity index (χ1v) is 8.36. The molecule has 3 rings (SSSR count). The molecule has 0 unspecified atom stereocenters. The van der Waals surface area contributed by atoms with Crippen molar-refractivity contribution in [3.05, 3.63) is 64.9 Å². The molecule has 0 amide bonds. The van der Waals surface area contributed by atoms with Crippen LogP contribution in [-0.2, 0) is 9.53 Å². The Balaban J connectivity index is 1.77. The Morgan fingerprint density at radius 3 is 2.54 bits per heavy atom. The molecule has 1 aliphatic heterocycles. The van der Waals surface area contributed by atoms with Crippen LogP contribution in [0.1, 0.15) is 41.3 Å². The van der Waals surface area contributed by atoms with Crippen molar-refractivity contribution in [2.45, 2.75) is 19.8 Å². The van der Waals surface area contributed by atoms with E-state index < -0.39 is 5.97 Å². The lowest BCUT2D eigenvalue weighted by molar-refractivity contribution is -0.142. The summed E-state index contributed by atoms with van der Waals surface area (Å²) in [7, 11) is 1.29. The zero-order valence-corrected chi connectivity index (χ0v) is 14.9. The van der Waals surface area contributed by atoms with E-state index in [-0.39, 0.29) is 18.1 Å². The van der Waals surface area contributed by atoms with Crippen molar-refractivity contribution in [2.24, 2.45) is 0 Å². The van der Waals surface area contributed by atoms with E-state index in [0.717, 1.165) is 5.56 Å². The van der Waals surface area contributed by atoms with E-state index >= 15 is 0 Å². The third-order valence-electron chi connectivity index (χ3n) is 4.13. The Bertz CT molecular complexity index is 862. The van der Waals surface area contributed by atoms with Gasteiger partial charge in [-0.15, -0.1) is 0 Å². The Kier molecular flexibility index (Phi) is 5.07. The summed E-state index contributed by atoms with van der Waals surface area (Å²) in [5, 5.41) is 0. The molecule has 0 N–H and O–H groups in total. The molecule has 5 heteroatoms. The van der Waals surface area contributed by atoms with Crippen molar-refractivity contribution in [1.29, 1.82) is 0 Å². The van der Waals surface area contributed by atoms with Gasteiger partial charge in [-0.1, -0.05) is 38.1 Å². The van der Waals surface area contributed by atoms with E-state index in [9.17, 15) is 9.59 Å². The van der Waals surface area contributed by atoms with E-state index in [1.807, 2.05) is 24.3 Å². The van der Waals surface area contributed by atoms with Crippen LogP contribution >= 0.6 is 0 Å². The molecular formula is C21H20O5. The number of methoxy groups -OCH3 is 1. The first-order chi connectivity index (χ1) is 12.5. The van der Waals surface area contributed by atoms with Crippen LogP contribution in [-0.4, -0.2) is 25.5 Å². The molecule has 5 nitrogen and oxygen atoms in total. The maximum atomic E-state index is 12.5. The van der Waals surface area contributed by atoms with Crippen molar-refractivity contribution in [1.82, 2.24) is 0 Å². The summed E-state index contributed by atoms with van der Waals surface area (Å²) in [6.07, 6.45) is 1.72. The molecule has 1 heterocycles. The quantitative estimate of drug-likeness (QED) is 0.602. The largest absolute Gasteiger partial charge is 0.482 e. The summed E-state index contributed by atoms with van der Waals surface area (Å²) in [4.78, 5) is 23.6. The van der Waals surface area contributed by atoms with Gasteiger partial charge >= 0.3 is 5.97 Å². The number of rotatable bonds is 5. The molecule has 1 aliphatic rings. The highest BCUT2D eigenvalue weighted by Crippen LogP contribution is 2.35. The highest BCUT2D eigenvalue weighted by atomic mass is 16.6. The molecule has 134 valence electrons. The topological polar surface area (TPSA) is 61.8 Å². The molecule has 2 aromatic carbocycles. The van der Waals surface area contributed by atoms with Crippen LogP contribution in [0.4, 0.5) is 0 Å². The SMILES string of the molecule is COC(=O)COc1ccc2c(c1)O/C(=C\c1ccc(C(C)C)cc1)C2=O. The van der Waals surface area contributed by atoms with E-state index in [1.165, 1.54) is 12.7 Å². The Morgan fingerprint density at radius 2 is 1.88 bits per heavy atom. The number of carbonyl (C=O) groups is 2. The highest BCUT2D eigenvalue weighted by molar-refractivity contribution is 6.14. The van der Waals surface area contributed by atoms with Gasteiger partial charge in [0.15, 0.2) is 12.4 Å². The van der Waals surface area contributed by atoms with Crippen molar-refractivity contribution in [3.8, 4) is 11.5 Å². The van der Waals surface area contributed by atoms with Gasteiger partial charge in [0.25, 0.3) is 0 Å². The Morgan fingerprint density at radius 1 is 1.15 bits per heavy atom. The second-order valence-electron chi connectivity index (χ2n) is 6.28. The predicted octanol–water partition coefficient (Wildman–Crippen LogP) is 3.98. The standard InChI is InChI=1S/C21H20O5/c1-13(2)15-6-4-14(5-7-15)10-19-21(23)17-9-8-16(11-18(17)26-19)25-12-20(22)24-3/h4-11,13H,12H2,1-3H3/b19-10-. The number of Topliss-reactive ketones (excluding diaryl/α,β-unsaturated/α-hetero) is 1. The third-order valence-corrected chi connectivity index (χ3v) is 4.13. The number of fused-ring (bicyclic) bond motifs is 1. The smallest absolute Gasteiger partial charge is 0.343 e. The molecule has 26 heavy (non-hydrogen) atoms. The highest BCUT2D eigenvalue weighted by Gasteiger charge is 2.27. The lowest BCUT2D eigenvalue weighted by Crippen LogP contribution is -2.12. The van der Waals surface area contributed by atoms with Gasteiger partial charge in [-0.3, -0.25) is 4.79 Å². The number of allylic oxidation sites excluding steroid dienone is 1. The second-order valence-corrected chi connectivity index (χ2v) is 6.28. The molecule has 0 fully saturated rings. The fraction of sp³-hybridized carbons (Fsp3) is 0.238. The minimum absolute atomic E-state index is 0.174. The average molecular weight is 352 g/mol. The summed E-state index contributed by atoms with van der Waals surface area (Å²) >= 11 is 0. The van der Waals surface area contributed by atoms with Gasteiger partial charge in [0.2, 0.25) is 5.78 Å². The normalized spacial score (nSPS) is 14.3. The molecule has 0 aromatic heterocycles. The summed E-state index contributed by atoms with van der Waals surface area (Å²) in [5.74, 6) is 0.920. The minimum Gasteiger partial charge on any atom is -0.482 e.